The minimum atomic E-state index is -0.857. The molecule has 11 heteroatoms. The van der Waals surface area contributed by atoms with Crippen LogP contribution in [0.3, 0.4) is 0 Å². The van der Waals surface area contributed by atoms with Crippen LogP contribution in [0.4, 0.5) is 0 Å². The molecule has 13 unspecified atom stereocenters. The molecule has 3 aliphatic heterocycles. The van der Waals surface area contributed by atoms with Gasteiger partial charge in [0.05, 0.1) is 31.5 Å². The maximum atomic E-state index is 10.1. The standard InChI is InChI=1S/C12H22O6.C11H18O5/c1-4-6(2)11-16-7(5-13)9-10(18-11)8(14)12(15-3)17-9;1-3-9-15-8(5-12)6-4-7(14-2)10(13)11(6)16-9/h6-14H,4-5H2,1-3H3;3,6-13H,1,4-5H2,2H3. The van der Waals surface area contributed by atoms with Crippen LogP contribution in [0.15, 0.2) is 12.7 Å². The van der Waals surface area contributed by atoms with Gasteiger partial charge in [0.25, 0.3) is 0 Å². The Bertz CT molecular complexity index is 636. The number of fused-ring (bicyclic) bond motifs is 2. The summed E-state index contributed by atoms with van der Waals surface area (Å²) in [5.41, 5.74) is 0. The van der Waals surface area contributed by atoms with E-state index in [4.69, 9.17) is 33.2 Å². The van der Waals surface area contributed by atoms with E-state index in [1.807, 2.05) is 13.8 Å². The molecule has 0 aromatic rings. The first-order valence-electron chi connectivity index (χ1n) is 11.9. The van der Waals surface area contributed by atoms with Gasteiger partial charge in [0.1, 0.15) is 30.5 Å². The van der Waals surface area contributed by atoms with Crippen LogP contribution in [0, 0.1) is 11.8 Å². The predicted molar refractivity (Wildman–Crippen MR) is 117 cm³/mol. The molecule has 0 aromatic heterocycles. The Kier molecular flexibility index (Phi) is 10.3. The van der Waals surface area contributed by atoms with Crippen molar-refractivity contribution >= 4 is 0 Å². The molecule has 1 aliphatic carbocycles. The lowest BCUT2D eigenvalue weighted by Crippen LogP contribution is -2.53. The van der Waals surface area contributed by atoms with E-state index >= 15 is 0 Å². The van der Waals surface area contributed by atoms with E-state index in [2.05, 4.69) is 6.58 Å². The zero-order chi connectivity index (χ0) is 25.0. The Hall–Kier alpha value is -0.700. The molecular weight excluding hydrogens is 452 g/mol. The van der Waals surface area contributed by atoms with Crippen molar-refractivity contribution in [2.45, 2.75) is 94.4 Å². The minimum Gasteiger partial charge on any atom is -0.394 e. The molecular formula is C23H40O11. The first kappa shape index (κ1) is 27.9. The summed E-state index contributed by atoms with van der Waals surface area (Å²) >= 11 is 0. The van der Waals surface area contributed by atoms with Crippen molar-refractivity contribution in [2.75, 3.05) is 27.4 Å². The summed E-state index contributed by atoms with van der Waals surface area (Å²) in [6.45, 7) is 7.38. The maximum Gasteiger partial charge on any atom is 0.186 e. The van der Waals surface area contributed by atoms with Gasteiger partial charge in [-0.3, -0.25) is 0 Å². The van der Waals surface area contributed by atoms with E-state index in [1.165, 1.54) is 13.2 Å². The zero-order valence-electron chi connectivity index (χ0n) is 20.3. The smallest absolute Gasteiger partial charge is 0.186 e. The third-order valence-electron chi connectivity index (χ3n) is 7.11. The number of aliphatic hydroxyl groups is 4. The van der Waals surface area contributed by atoms with Crippen LogP contribution in [0.2, 0.25) is 0 Å². The molecule has 0 amide bonds. The molecule has 4 aliphatic rings. The molecule has 0 spiro atoms. The average molecular weight is 493 g/mol. The van der Waals surface area contributed by atoms with Crippen LogP contribution in [-0.2, 0) is 33.2 Å². The molecule has 0 aromatic carbocycles. The molecule has 4 fully saturated rings. The lowest BCUT2D eigenvalue weighted by Gasteiger charge is -2.39. The molecule has 34 heavy (non-hydrogen) atoms. The van der Waals surface area contributed by atoms with Crippen LogP contribution in [-0.4, -0.2) is 116 Å². The zero-order valence-corrected chi connectivity index (χ0v) is 20.3. The normalized spacial score (nSPS) is 46.7. The summed E-state index contributed by atoms with van der Waals surface area (Å²) < 4.78 is 38.2. The molecule has 198 valence electrons. The Labute approximate surface area is 200 Å². The highest BCUT2D eigenvalue weighted by Gasteiger charge is 2.53. The van der Waals surface area contributed by atoms with E-state index in [0.717, 1.165) is 6.42 Å². The van der Waals surface area contributed by atoms with Crippen LogP contribution in [0.5, 0.6) is 0 Å². The highest BCUT2D eigenvalue weighted by molar-refractivity contribution is 5.00. The summed E-state index contributed by atoms with van der Waals surface area (Å²) in [6, 6.07) is 0. The summed E-state index contributed by atoms with van der Waals surface area (Å²) in [4.78, 5) is 0. The quantitative estimate of drug-likeness (QED) is 0.342. The second-order valence-corrected chi connectivity index (χ2v) is 9.13. The fraction of sp³-hybridized carbons (Fsp3) is 0.913. The number of methoxy groups -OCH3 is 2. The lowest BCUT2D eigenvalue weighted by atomic mass is 9.97. The van der Waals surface area contributed by atoms with Gasteiger partial charge in [-0.2, -0.15) is 0 Å². The van der Waals surface area contributed by atoms with E-state index in [0.29, 0.717) is 6.42 Å². The second-order valence-electron chi connectivity index (χ2n) is 9.13. The van der Waals surface area contributed by atoms with Gasteiger partial charge in [-0.15, -0.1) is 0 Å². The van der Waals surface area contributed by atoms with Gasteiger partial charge >= 0.3 is 0 Å². The van der Waals surface area contributed by atoms with Crippen molar-refractivity contribution in [3.8, 4) is 0 Å². The van der Waals surface area contributed by atoms with Crippen LogP contribution >= 0.6 is 0 Å². The number of hydrogen-bond acceptors (Lipinski definition) is 11. The van der Waals surface area contributed by atoms with Crippen molar-refractivity contribution < 1.29 is 53.6 Å². The fourth-order valence-electron chi connectivity index (χ4n) is 4.90. The first-order valence-corrected chi connectivity index (χ1v) is 11.9. The van der Waals surface area contributed by atoms with Crippen molar-refractivity contribution in [3.63, 3.8) is 0 Å². The fourth-order valence-corrected chi connectivity index (χ4v) is 4.90. The average Bonchev–Trinajstić information content (AvgIpc) is 3.38. The molecule has 11 nitrogen and oxygen atoms in total. The SMILES string of the molecule is C=CC1OC(CO)C2CC(OC)C(O)C2O1.CCC(C)C1OC(CO)C2OC(OC)C(O)C2O1. The van der Waals surface area contributed by atoms with E-state index in [1.54, 1.807) is 7.11 Å². The van der Waals surface area contributed by atoms with Crippen molar-refractivity contribution in [2.24, 2.45) is 11.8 Å². The molecule has 4 N–H and O–H groups in total. The van der Waals surface area contributed by atoms with Gasteiger partial charge in [-0.05, 0) is 18.9 Å². The molecule has 0 radical (unpaired) electrons. The number of aliphatic hydroxyl groups excluding tert-OH is 4. The van der Waals surface area contributed by atoms with E-state index in [-0.39, 0.29) is 43.4 Å². The third-order valence-corrected chi connectivity index (χ3v) is 7.11. The summed E-state index contributed by atoms with van der Waals surface area (Å²) in [7, 11) is 3.02. The maximum absolute atomic E-state index is 10.1. The Morgan fingerprint density at radius 1 is 0.912 bits per heavy atom. The van der Waals surface area contributed by atoms with Gasteiger partial charge in [-0.1, -0.05) is 20.4 Å². The van der Waals surface area contributed by atoms with Crippen molar-refractivity contribution in [1.82, 2.24) is 0 Å². The van der Waals surface area contributed by atoms with Gasteiger partial charge in [0.15, 0.2) is 18.9 Å². The van der Waals surface area contributed by atoms with Crippen LogP contribution < -0.4 is 0 Å². The first-order chi connectivity index (χ1) is 16.3. The second kappa shape index (κ2) is 12.5. The van der Waals surface area contributed by atoms with Gasteiger partial charge in [0.2, 0.25) is 0 Å². The van der Waals surface area contributed by atoms with Gasteiger partial charge in [0, 0.05) is 26.1 Å². The lowest BCUT2D eigenvalue weighted by molar-refractivity contribution is -0.300. The molecule has 3 heterocycles. The Morgan fingerprint density at radius 2 is 1.62 bits per heavy atom. The monoisotopic (exact) mass is 492 g/mol. The minimum absolute atomic E-state index is 0.0267. The van der Waals surface area contributed by atoms with E-state index < -0.39 is 49.4 Å². The topological polar surface area (TPSA) is 146 Å². The van der Waals surface area contributed by atoms with Crippen molar-refractivity contribution in [3.05, 3.63) is 12.7 Å². The van der Waals surface area contributed by atoms with E-state index in [9.17, 15) is 20.4 Å². The summed E-state index contributed by atoms with van der Waals surface area (Å²) in [6.07, 6.45) is -2.62. The summed E-state index contributed by atoms with van der Waals surface area (Å²) in [5.74, 6) is 0.162. The highest BCUT2D eigenvalue weighted by Crippen LogP contribution is 2.39. The third kappa shape index (κ3) is 5.65. The van der Waals surface area contributed by atoms with Crippen LogP contribution in [0.25, 0.3) is 0 Å². The molecule has 1 saturated carbocycles. The largest absolute Gasteiger partial charge is 0.394 e. The molecule has 4 rings (SSSR count). The highest BCUT2D eigenvalue weighted by atomic mass is 16.8. The van der Waals surface area contributed by atoms with Crippen molar-refractivity contribution in [1.29, 1.82) is 0 Å². The number of ether oxygens (including phenoxy) is 7. The Balaban J connectivity index is 0.000000192. The molecule has 0 bridgehead atoms. The van der Waals surface area contributed by atoms with Crippen LogP contribution in [0.1, 0.15) is 26.7 Å². The molecule has 3 saturated heterocycles. The predicted octanol–water partition coefficient (Wildman–Crippen LogP) is -0.462. The summed E-state index contributed by atoms with van der Waals surface area (Å²) in [5, 5.41) is 38.7. The van der Waals surface area contributed by atoms with Gasteiger partial charge in [-0.25, -0.2) is 0 Å². The number of hydrogen-bond donors (Lipinski definition) is 4. The Morgan fingerprint density at radius 3 is 2.18 bits per heavy atom. The van der Waals surface area contributed by atoms with Gasteiger partial charge < -0.3 is 53.6 Å². The molecule has 13 atom stereocenters. The number of rotatable bonds is 7.